The molecule has 160 valence electrons. The normalized spacial score (nSPS) is 21.0. The molecule has 6 heteroatoms. The third-order valence-corrected chi connectivity index (χ3v) is 6.60. The van der Waals surface area contributed by atoms with E-state index in [1.807, 2.05) is 58.5 Å². The molecule has 2 aliphatic heterocycles. The molecule has 2 unspecified atom stereocenters. The van der Waals surface area contributed by atoms with Gasteiger partial charge in [0.15, 0.2) is 0 Å². The molecule has 1 aromatic heterocycles. The molecular formula is C25H27N3O3. The highest BCUT2D eigenvalue weighted by Crippen LogP contribution is 2.45. The Hall–Kier alpha value is -3.12. The van der Waals surface area contributed by atoms with Crippen molar-refractivity contribution in [1.82, 2.24) is 14.8 Å². The van der Waals surface area contributed by atoms with Gasteiger partial charge in [0.1, 0.15) is 0 Å². The lowest BCUT2D eigenvalue weighted by Gasteiger charge is -2.42. The van der Waals surface area contributed by atoms with Crippen molar-refractivity contribution in [2.75, 3.05) is 33.4 Å². The summed E-state index contributed by atoms with van der Waals surface area (Å²) in [6.07, 6.45) is 4.02. The monoisotopic (exact) mass is 417 g/mol. The van der Waals surface area contributed by atoms with Gasteiger partial charge in [-0.15, -0.1) is 0 Å². The number of methoxy groups -OCH3 is 1. The first kappa shape index (κ1) is 19.8. The number of nitrogens with one attached hydrogen (secondary N) is 1. The Morgan fingerprint density at radius 2 is 1.81 bits per heavy atom. The number of para-hydroxylation sites is 1. The van der Waals surface area contributed by atoms with Gasteiger partial charge in [0.25, 0.3) is 5.91 Å². The number of aromatic amines is 1. The number of benzene rings is 2. The zero-order chi connectivity index (χ0) is 21.4. The van der Waals surface area contributed by atoms with Gasteiger partial charge in [0.2, 0.25) is 5.91 Å². The number of H-pyrrole nitrogens is 1. The Balaban J connectivity index is 1.70. The fourth-order valence-electron chi connectivity index (χ4n) is 5.11. The van der Waals surface area contributed by atoms with Gasteiger partial charge in [-0.2, -0.15) is 0 Å². The van der Waals surface area contributed by atoms with E-state index in [1.54, 1.807) is 7.11 Å². The number of nitrogens with zero attached hydrogens (tertiary/aromatic N) is 2. The number of likely N-dealkylation sites (tertiary alicyclic amines) is 1. The summed E-state index contributed by atoms with van der Waals surface area (Å²) in [6, 6.07) is 15.2. The van der Waals surface area contributed by atoms with E-state index in [4.69, 9.17) is 4.74 Å². The first-order valence-corrected chi connectivity index (χ1v) is 10.9. The van der Waals surface area contributed by atoms with Crippen LogP contribution in [0.5, 0.6) is 0 Å². The average molecular weight is 418 g/mol. The lowest BCUT2D eigenvalue weighted by Crippen LogP contribution is -2.48. The molecule has 0 saturated carbocycles. The number of hydrogen-bond acceptors (Lipinski definition) is 3. The number of fused-ring (bicyclic) bond motifs is 2. The topological polar surface area (TPSA) is 65.6 Å². The number of ether oxygens (including phenoxy) is 1. The van der Waals surface area contributed by atoms with Crippen LogP contribution in [-0.2, 0) is 9.53 Å². The number of rotatable bonds is 5. The van der Waals surface area contributed by atoms with E-state index >= 15 is 0 Å². The smallest absolute Gasteiger partial charge is 0.254 e. The number of carbonyl (C=O) groups excluding carboxylic acids is 2. The highest BCUT2D eigenvalue weighted by atomic mass is 16.5. The summed E-state index contributed by atoms with van der Waals surface area (Å²) in [4.78, 5) is 34.6. The summed E-state index contributed by atoms with van der Waals surface area (Å²) in [7, 11) is 1.63. The van der Waals surface area contributed by atoms with Crippen molar-refractivity contribution in [1.29, 1.82) is 0 Å². The predicted molar refractivity (Wildman–Crippen MR) is 119 cm³/mol. The third kappa shape index (κ3) is 3.31. The standard InChI is InChI=1S/C25H27N3O3/c1-31-15-14-28-23(20-16-26-21-11-5-4-8-17(20)21)22(25(30)27-12-6-7-13-27)18-9-2-3-10-19(18)24(28)29/h2-5,8-11,16,22-23,26H,6-7,12-15H2,1H3. The van der Waals surface area contributed by atoms with Crippen LogP contribution >= 0.6 is 0 Å². The maximum Gasteiger partial charge on any atom is 0.254 e. The van der Waals surface area contributed by atoms with E-state index in [1.165, 1.54) is 0 Å². The van der Waals surface area contributed by atoms with Gasteiger partial charge in [0, 0.05) is 55.0 Å². The number of amides is 2. The molecule has 0 radical (unpaired) electrons. The molecule has 0 bridgehead atoms. The minimum absolute atomic E-state index is 0.0478. The van der Waals surface area contributed by atoms with E-state index in [2.05, 4.69) is 11.1 Å². The second-order valence-electron chi connectivity index (χ2n) is 8.32. The highest BCUT2D eigenvalue weighted by Gasteiger charge is 2.46. The van der Waals surface area contributed by atoms with Crippen LogP contribution in [0.1, 0.15) is 46.3 Å². The molecule has 3 heterocycles. The molecule has 0 spiro atoms. The van der Waals surface area contributed by atoms with Crippen LogP contribution in [0.3, 0.4) is 0 Å². The van der Waals surface area contributed by atoms with Crippen LogP contribution < -0.4 is 0 Å². The molecule has 5 rings (SSSR count). The van der Waals surface area contributed by atoms with Crippen molar-refractivity contribution in [3.8, 4) is 0 Å². The summed E-state index contributed by atoms with van der Waals surface area (Å²) < 4.78 is 5.33. The van der Waals surface area contributed by atoms with E-state index in [9.17, 15) is 9.59 Å². The van der Waals surface area contributed by atoms with Crippen LogP contribution in [0.4, 0.5) is 0 Å². The molecule has 3 aromatic rings. The predicted octanol–water partition coefficient (Wildman–Crippen LogP) is 3.72. The van der Waals surface area contributed by atoms with E-state index in [0.717, 1.165) is 48.0 Å². The highest BCUT2D eigenvalue weighted by molar-refractivity contribution is 6.02. The van der Waals surface area contributed by atoms with E-state index in [-0.39, 0.29) is 17.9 Å². The summed E-state index contributed by atoms with van der Waals surface area (Å²) >= 11 is 0. The molecule has 1 saturated heterocycles. The second kappa shape index (κ2) is 8.19. The quantitative estimate of drug-likeness (QED) is 0.688. The van der Waals surface area contributed by atoms with Gasteiger partial charge in [-0.05, 0) is 30.5 Å². The second-order valence-corrected chi connectivity index (χ2v) is 8.32. The number of hydrogen-bond donors (Lipinski definition) is 1. The summed E-state index contributed by atoms with van der Waals surface area (Å²) in [5.41, 5.74) is 3.43. The summed E-state index contributed by atoms with van der Waals surface area (Å²) in [6.45, 7) is 2.41. The molecule has 1 N–H and O–H groups in total. The van der Waals surface area contributed by atoms with Crippen LogP contribution in [-0.4, -0.2) is 59.9 Å². The van der Waals surface area contributed by atoms with Crippen molar-refractivity contribution in [2.45, 2.75) is 24.8 Å². The number of aromatic nitrogens is 1. The third-order valence-electron chi connectivity index (χ3n) is 6.60. The Morgan fingerprint density at radius 1 is 1.06 bits per heavy atom. The Bertz CT molecular complexity index is 1120. The minimum Gasteiger partial charge on any atom is -0.383 e. The van der Waals surface area contributed by atoms with Crippen molar-refractivity contribution in [3.63, 3.8) is 0 Å². The van der Waals surface area contributed by atoms with Crippen molar-refractivity contribution in [3.05, 3.63) is 71.4 Å². The van der Waals surface area contributed by atoms with E-state index in [0.29, 0.717) is 18.7 Å². The van der Waals surface area contributed by atoms with Crippen molar-refractivity contribution in [2.24, 2.45) is 0 Å². The molecule has 31 heavy (non-hydrogen) atoms. The van der Waals surface area contributed by atoms with Gasteiger partial charge in [-0.3, -0.25) is 9.59 Å². The van der Waals surface area contributed by atoms with Gasteiger partial charge < -0.3 is 19.5 Å². The molecule has 6 nitrogen and oxygen atoms in total. The summed E-state index contributed by atoms with van der Waals surface area (Å²) in [5.74, 6) is -0.383. The first-order valence-electron chi connectivity index (χ1n) is 10.9. The molecule has 0 aliphatic carbocycles. The van der Waals surface area contributed by atoms with Crippen LogP contribution in [0.25, 0.3) is 10.9 Å². The van der Waals surface area contributed by atoms with Gasteiger partial charge >= 0.3 is 0 Å². The lowest BCUT2D eigenvalue weighted by molar-refractivity contribution is -0.133. The largest absolute Gasteiger partial charge is 0.383 e. The first-order chi connectivity index (χ1) is 15.2. The molecule has 2 aliphatic rings. The van der Waals surface area contributed by atoms with Crippen molar-refractivity contribution < 1.29 is 14.3 Å². The van der Waals surface area contributed by atoms with Crippen LogP contribution in [0, 0.1) is 0 Å². The van der Waals surface area contributed by atoms with Crippen LogP contribution in [0.15, 0.2) is 54.7 Å². The fraction of sp³-hybridized carbons (Fsp3) is 0.360. The lowest BCUT2D eigenvalue weighted by atomic mass is 9.78. The molecular weight excluding hydrogens is 390 g/mol. The zero-order valence-electron chi connectivity index (χ0n) is 17.7. The Morgan fingerprint density at radius 3 is 2.61 bits per heavy atom. The number of carbonyl (C=O) groups is 2. The molecule has 2 amide bonds. The fourth-order valence-corrected chi connectivity index (χ4v) is 5.11. The molecule has 1 fully saturated rings. The zero-order valence-corrected chi connectivity index (χ0v) is 17.7. The summed E-state index contributed by atoms with van der Waals surface area (Å²) in [5, 5.41) is 1.04. The van der Waals surface area contributed by atoms with Crippen LogP contribution in [0.2, 0.25) is 0 Å². The van der Waals surface area contributed by atoms with E-state index < -0.39 is 5.92 Å². The Labute approximate surface area is 181 Å². The average Bonchev–Trinajstić information content (AvgIpc) is 3.48. The molecule has 2 aromatic carbocycles. The Kier molecular flexibility index (Phi) is 5.24. The maximum absolute atomic E-state index is 13.9. The molecule has 2 atom stereocenters. The maximum atomic E-state index is 13.9. The van der Waals surface area contributed by atoms with Gasteiger partial charge in [0.05, 0.1) is 18.6 Å². The minimum atomic E-state index is -0.442. The van der Waals surface area contributed by atoms with Gasteiger partial charge in [-0.25, -0.2) is 0 Å². The SMILES string of the molecule is COCCN1C(=O)c2ccccc2C(C(=O)N2CCCC2)C1c1c[nH]c2ccccc12. The van der Waals surface area contributed by atoms with Crippen molar-refractivity contribution >= 4 is 22.7 Å². The van der Waals surface area contributed by atoms with Gasteiger partial charge in [-0.1, -0.05) is 36.4 Å².